The van der Waals surface area contributed by atoms with E-state index in [0.29, 0.717) is 6.07 Å². The van der Waals surface area contributed by atoms with E-state index in [2.05, 4.69) is 4.36 Å². The second kappa shape index (κ2) is 5.36. The van der Waals surface area contributed by atoms with Crippen molar-refractivity contribution in [2.45, 2.75) is 30.9 Å². The molecule has 0 aromatic heterocycles. The zero-order valence-corrected chi connectivity index (χ0v) is 11.4. The van der Waals surface area contributed by atoms with Gasteiger partial charge in [-0.15, -0.1) is 0 Å². The fraction of sp³-hybridized carbons (Fsp3) is 0.462. The van der Waals surface area contributed by atoms with Crippen LogP contribution in [0.15, 0.2) is 22.6 Å². The number of hydrogen-bond donors (Lipinski definition) is 0. The summed E-state index contributed by atoms with van der Waals surface area (Å²) in [5.41, 5.74) is -0.204. The Morgan fingerprint density at radius 1 is 1.21 bits per heavy atom. The fourth-order valence-electron chi connectivity index (χ4n) is 2.29. The molecule has 0 spiro atoms. The van der Waals surface area contributed by atoms with Crippen molar-refractivity contribution >= 4 is 15.6 Å². The molecule has 1 aromatic rings. The molecule has 0 saturated heterocycles. The zero-order chi connectivity index (χ0) is 14.0. The van der Waals surface area contributed by atoms with Gasteiger partial charge in [0.1, 0.15) is 11.6 Å². The second-order valence-corrected chi connectivity index (χ2v) is 7.39. The van der Waals surface area contributed by atoms with Crippen molar-refractivity contribution in [3.63, 3.8) is 0 Å². The molecular formula is C13H15F2NO2S. The number of carbonyl (C=O) groups excluding carboxylic acids is 1. The maximum Gasteiger partial charge on any atom is 0.285 e. The first-order valence-corrected chi connectivity index (χ1v) is 8.08. The van der Waals surface area contributed by atoms with Crippen LogP contribution in [0.1, 0.15) is 36.0 Å². The SMILES string of the molecule is CS(=O)(=NC(=O)c1cc(F)cc(F)c1)C1CCCC1. The summed E-state index contributed by atoms with van der Waals surface area (Å²) in [6, 6.07) is 2.48. The monoisotopic (exact) mass is 287 g/mol. The minimum absolute atomic E-state index is 0.102. The molecule has 2 rings (SSSR count). The van der Waals surface area contributed by atoms with Crippen LogP contribution in [-0.2, 0) is 9.73 Å². The van der Waals surface area contributed by atoms with Crippen molar-refractivity contribution in [3.05, 3.63) is 35.4 Å². The Balaban J connectivity index is 2.31. The van der Waals surface area contributed by atoms with Crippen molar-refractivity contribution in [3.8, 4) is 0 Å². The maximum atomic E-state index is 13.0. The summed E-state index contributed by atoms with van der Waals surface area (Å²) in [4.78, 5) is 11.8. The minimum Gasteiger partial charge on any atom is -0.266 e. The average molecular weight is 287 g/mol. The Labute approximate surface area is 111 Å². The summed E-state index contributed by atoms with van der Waals surface area (Å²) in [6.07, 6.45) is 4.96. The third kappa shape index (κ3) is 3.37. The first kappa shape index (κ1) is 14.1. The number of halogens is 2. The molecule has 104 valence electrons. The van der Waals surface area contributed by atoms with E-state index >= 15 is 0 Å². The summed E-state index contributed by atoms with van der Waals surface area (Å²) in [5.74, 6) is -2.51. The second-order valence-electron chi connectivity index (χ2n) is 4.82. The van der Waals surface area contributed by atoms with Gasteiger partial charge in [0.15, 0.2) is 0 Å². The van der Waals surface area contributed by atoms with Gasteiger partial charge in [0, 0.05) is 23.1 Å². The van der Waals surface area contributed by atoms with Crippen LogP contribution in [-0.4, -0.2) is 21.6 Å². The van der Waals surface area contributed by atoms with Crippen LogP contribution >= 0.6 is 0 Å². The molecular weight excluding hydrogens is 272 g/mol. The standard InChI is InChI=1S/C13H15F2NO2S/c1-19(18,12-4-2-3-5-12)16-13(17)9-6-10(14)8-11(15)7-9/h6-8,12H,2-5H2,1H3. The molecule has 0 radical (unpaired) electrons. The molecule has 1 aliphatic rings. The van der Waals surface area contributed by atoms with Crippen LogP contribution in [0.25, 0.3) is 0 Å². The molecule has 0 aliphatic heterocycles. The van der Waals surface area contributed by atoms with Crippen LogP contribution in [0, 0.1) is 11.6 Å². The van der Waals surface area contributed by atoms with E-state index in [-0.39, 0.29) is 10.8 Å². The van der Waals surface area contributed by atoms with E-state index in [0.717, 1.165) is 37.8 Å². The Hall–Kier alpha value is -1.30. The van der Waals surface area contributed by atoms with E-state index in [1.807, 2.05) is 0 Å². The van der Waals surface area contributed by atoms with Crippen molar-refractivity contribution in [1.29, 1.82) is 0 Å². The van der Waals surface area contributed by atoms with Gasteiger partial charge in [-0.2, -0.15) is 4.36 Å². The maximum absolute atomic E-state index is 13.0. The van der Waals surface area contributed by atoms with Crippen molar-refractivity contribution in [1.82, 2.24) is 0 Å². The van der Waals surface area contributed by atoms with Gasteiger partial charge in [0.25, 0.3) is 5.91 Å². The van der Waals surface area contributed by atoms with Gasteiger partial charge in [-0.1, -0.05) is 12.8 Å². The van der Waals surface area contributed by atoms with Crippen LogP contribution in [0.5, 0.6) is 0 Å². The molecule has 1 atom stereocenters. The highest BCUT2D eigenvalue weighted by Crippen LogP contribution is 2.25. The lowest BCUT2D eigenvalue weighted by Gasteiger charge is -2.10. The molecule has 3 nitrogen and oxygen atoms in total. The predicted octanol–water partition coefficient (Wildman–Crippen LogP) is 3.15. The lowest BCUT2D eigenvalue weighted by molar-refractivity contribution is 0.100. The normalized spacial score (nSPS) is 19.1. The lowest BCUT2D eigenvalue weighted by atomic mass is 10.2. The molecule has 1 amide bonds. The molecule has 1 fully saturated rings. The van der Waals surface area contributed by atoms with E-state index in [1.54, 1.807) is 0 Å². The van der Waals surface area contributed by atoms with E-state index in [4.69, 9.17) is 0 Å². The molecule has 1 unspecified atom stereocenters. The average Bonchev–Trinajstić information content (AvgIpc) is 2.80. The molecule has 1 saturated carbocycles. The highest BCUT2D eigenvalue weighted by atomic mass is 32.2. The molecule has 0 heterocycles. The first-order chi connectivity index (χ1) is 8.88. The van der Waals surface area contributed by atoms with Crippen molar-refractivity contribution in [2.75, 3.05) is 6.26 Å². The molecule has 0 bridgehead atoms. The van der Waals surface area contributed by atoms with Gasteiger partial charge < -0.3 is 0 Å². The summed E-state index contributed by atoms with van der Waals surface area (Å²) in [5, 5.41) is -0.102. The van der Waals surface area contributed by atoms with Gasteiger partial charge in [0.2, 0.25) is 0 Å². The largest absolute Gasteiger partial charge is 0.285 e. The summed E-state index contributed by atoms with van der Waals surface area (Å²) < 4.78 is 42.1. The van der Waals surface area contributed by atoms with Crippen LogP contribution in [0.3, 0.4) is 0 Å². The smallest absolute Gasteiger partial charge is 0.266 e. The van der Waals surface area contributed by atoms with Gasteiger partial charge in [-0.25, -0.2) is 13.0 Å². The molecule has 1 aliphatic carbocycles. The van der Waals surface area contributed by atoms with E-state index in [9.17, 15) is 17.8 Å². The number of benzene rings is 1. The molecule has 0 N–H and O–H groups in total. The summed E-state index contributed by atoms with van der Waals surface area (Å²) >= 11 is 0. The number of rotatable bonds is 2. The van der Waals surface area contributed by atoms with Crippen LogP contribution in [0.4, 0.5) is 8.78 Å². The summed E-state index contributed by atoms with van der Waals surface area (Å²) in [7, 11) is -2.65. The summed E-state index contributed by atoms with van der Waals surface area (Å²) in [6.45, 7) is 0. The van der Waals surface area contributed by atoms with Crippen molar-refractivity contribution < 1.29 is 17.8 Å². The molecule has 1 aromatic carbocycles. The van der Waals surface area contributed by atoms with E-state index < -0.39 is 27.3 Å². The zero-order valence-electron chi connectivity index (χ0n) is 10.6. The van der Waals surface area contributed by atoms with Gasteiger partial charge in [-0.3, -0.25) is 4.79 Å². The van der Waals surface area contributed by atoms with Crippen LogP contribution < -0.4 is 0 Å². The molecule has 19 heavy (non-hydrogen) atoms. The number of amides is 1. The topological polar surface area (TPSA) is 46.5 Å². The predicted molar refractivity (Wildman–Crippen MR) is 69.4 cm³/mol. The quantitative estimate of drug-likeness (QED) is 0.839. The van der Waals surface area contributed by atoms with Gasteiger partial charge in [-0.05, 0) is 25.0 Å². The Kier molecular flexibility index (Phi) is 3.99. The lowest BCUT2D eigenvalue weighted by Crippen LogP contribution is -2.17. The highest BCUT2D eigenvalue weighted by Gasteiger charge is 2.24. The third-order valence-corrected chi connectivity index (χ3v) is 5.53. The first-order valence-electron chi connectivity index (χ1n) is 6.10. The Morgan fingerprint density at radius 2 is 1.74 bits per heavy atom. The Morgan fingerprint density at radius 3 is 2.26 bits per heavy atom. The number of carbonyl (C=O) groups is 1. The fourth-order valence-corrected chi connectivity index (χ4v) is 4.09. The van der Waals surface area contributed by atoms with Crippen LogP contribution in [0.2, 0.25) is 0 Å². The van der Waals surface area contributed by atoms with E-state index in [1.165, 1.54) is 6.26 Å². The van der Waals surface area contributed by atoms with Gasteiger partial charge in [0.05, 0.1) is 9.73 Å². The molecule has 6 heteroatoms. The highest BCUT2D eigenvalue weighted by molar-refractivity contribution is 7.93. The minimum atomic E-state index is -2.65. The Bertz CT molecular complexity index is 595. The number of nitrogens with zero attached hydrogens (tertiary/aromatic N) is 1. The third-order valence-electron chi connectivity index (χ3n) is 3.29. The van der Waals surface area contributed by atoms with Crippen molar-refractivity contribution in [2.24, 2.45) is 4.36 Å². The number of hydrogen-bond acceptors (Lipinski definition) is 2. The van der Waals surface area contributed by atoms with Gasteiger partial charge >= 0.3 is 0 Å².